The van der Waals surface area contributed by atoms with Gasteiger partial charge in [0.2, 0.25) is 15.9 Å². The van der Waals surface area contributed by atoms with Crippen molar-refractivity contribution in [1.29, 1.82) is 0 Å². The number of nitrogens with zero attached hydrogens (tertiary/aromatic N) is 1. The maximum Gasteiger partial charge on any atom is 0.244 e. The van der Waals surface area contributed by atoms with Crippen LogP contribution in [-0.2, 0) is 21.2 Å². The van der Waals surface area contributed by atoms with E-state index in [1.54, 1.807) is 0 Å². The SMILES string of the molecule is CCc1ccc([C@@H](C)NC(=O)[C@H](C)N(c2ccc(F)cc2)S(C)(=O)=O)cc1. The Bertz CT molecular complexity index is 880. The molecule has 0 aliphatic heterocycles. The average Bonchev–Trinajstić information content (AvgIpc) is 2.62. The summed E-state index contributed by atoms with van der Waals surface area (Å²) in [6, 6.07) is 11.6. The van der Waals surface area contributed by atoms with E-state index in [0.29, 0.717) is 0 Å². The smallest absolute Gasteiger partial charge is 0.244 e. The number of amides is 1. The zero-order chi connectivity index (χ0) is 20.2. The van der Waals surface area contributed by atoms with Crippen molar-refractivity contribution in [2.75, 3.05) is 10.6 Å². The van der Waals surface area contributed by atoms with E-state index < -0.39 is 27.8 Å². The van der Waals surface area contributed by atoms with Crippen LogP contribution in [0.15, 0.2) is 48.5 Å². The van der Waals surface area contributed by atoms with Crippen molar-refractivity contribution < 1.29 is 17.6 Å². The fourth-order valence-corrected chi connectivity index (χ4v) is 4.03. The first-order chi connectivity index (χ1) is 12.6. The van der Waals surface area contributed by atoms with Gasteiger partial charge in [-0.1, -0.05) is 31.2 Å². The Hall–Kier alpha value is -2.41. The van der Waals surface area contributed by atoms with Crippen molar-refractivity contribution in [3.05, 3.63) is 65.5 Å². The molecule has 0 saturated heterocycles. The third-order valence-corrected chi connectivity index (χ3v) is 5.66. The Kier molecular flexibility index (Phi) is 6.59. The largest absolute Gasteiger partial charge is 0.348 e. The molecule has 2 atom stereocenters. The number of rotatable bonds is 7. The van der Waals surface area contributed by atoms with E-state index >= 15 is 0 Å². The Labute approximate surface area is 160 Å². The summed E-state index contributed by atoms with van der Waals surface area (Å²) < 4.78 is 38.6. The standard InChI is InChI=1S/C20H25FN2O3S/c1-5-16-6-8-17(9-7-16)14(2)22-20(24)15(3)23(27(4,25)26)19-12-10-18(21)11-13-19/h6-15H,5H2,1-4H3,(H,22,24)/t14-,15+/m1/s1. The molecule has 0 fully saturated rings. The van der Waals surface area contributed by atoms with E-state index in [1.165, 1.54) is 24.6 Å². The van der Waals surface area contributed by atoms with Crippen LogP contribution in [-0.4, -0.2) is 26.6 Å². The number of hydrogen-bond donors (Lipinski definition) is 1. The topological polar surface area (TPSA) is 66.5 Å². The molecule has 0 saturated carbocycles. The van der Waals surface area contributed by atoms with Gasteiger partial charge in [-0.25, -0.2) is 12.8 Å². The third-order valence-electron chi connectivity index (χ3n) is 4.42. The first kappa shape index (κ1) is 20.9. The Morgan fingerprint density at radius 1 is 1.07 bits per heavy atom. The summed E-state index contributed by atoms with van der Waals surface area (Å²) in [6.45, 7) is 5.41. The second-order valence-electron chi connectivity index (χ2n) is 6.54. The predicted octanol–water partition coefficient (Wildman–Crippen LogP) is 3.42. The highest BCUT2D eigenvalue weighted by atomic mass is 32.2. The van der Waals surface area contributed by atoms with Gasteiger partial charge in [0.25, 0.3) is 0 Å². The van der Waals surface area contributed by atoms with Crippen LogP contribution in [0, 0.1) is 5.82 Å². The second kappa shape index (κ2) is 8.52. The molecule has 5 nitrogen and oxygen atoms in total. The number of aryl methyl sites for hydroxylation is 1. The summed E-state index contributed by atoms with van der Waals surface area (Å²) in [5.41, 5.74) is 2.37. The molecular weight excluding hydrogens is 367 g/mol. The summed E-state index contributed by atoms with van der Waals surface area (Å²) in [5.74, 6) is -0.912. The third kappa shape index (κ3) is 5.29. The number of carbonyl (C=O) groups excluding carboxylic acids is 1. The van der Waals surface area contributed by atoms with Crippen LogP contribution in [0.5, 0.6) is 0 Å². The number of sulfonamides is 1. The molecule has 1 amide bonds. The molecule has 0 heterocycles. The summed E-state index contributed by atoms with van der Waals surface area (Å²) in [7, 11) is -3.73. The minimum atomic E-state index is -3.73. The summed E-state index contributed by atoms with van der Waals surface area (Å²) in [5, 5.41) is 2.85. The first-order valence-electron chi connectivity index (χ1n) is 8.77. The number of anilines is 1. The average molecular weight is 392 g/mol. The Balaban J connectivity index is 2.20. The molecule has 0 aromatic heterocycles. The monoisotopic (exact) mass is 392 g/mol. The molecular formula is C20H25FN2O3S. The van der Waals surface area contributed by atoms with Crippen LogP contribution in [0.2, 0.25) is 0 Å². The fraction of sp³-hybridized carbons (Fsp3) is 0.350. The highest BCUT2D eigenvalue weighted by Crippen LogP contribution is 2.22. The lowest BCUT2D eigenvalue weighted by molar-refractivity contribution is -0.122. The summed E-state index contributed by atoms with van der Waals surface area (Å²) >= 11 is 0. The first-order valence-corrected chi connectivity index (χ1v) is 10.6. The van der Waals surface area contributed by atoms with Gasteiger partial charge in [-0.05, 0) is 55.7 Å². The summed E-state index contributed by atoms with van der Waals surface area (Å²) in [6.07, 6.45) is 1.95. The molecule has 0 aliphatic carbocycles. The van der Waals surface area contributed by atoms with Gasteiger partial charge in [0, 0.05) is 0 Å². The van der Waals surface area contributed by atoms with Gasteiger partial charge in [0.15, 0.2) is 0 Å². The van der Waals surface area contributed by atoms with E-state index in [2.05, 4.69) is 12.2 Å². The molecule has 2 aromatic carbocycles. The van der Waals surface area contributed by atoms with E-state index in [1.807, 2.05) is 31.2 Å². The maximum absolute atomic E-state index is 13.2. The van der Waals surface area contributed by atoms with Crippen LogP contribution < -0.4 is 9.62 Å². The maximum atomic E-state index is 13.2. The highest BCUT2D eigenvalue weighted by Gasteiger charge is 2.29. The van der Waals surface area contributed by atoms with E-state index in [-0.39, 0.29) is 11.7 Å². The van der Waals surface area contributed by atoms with E-state index in [4.69, 9.17) is 0 Å². The minimum absolute atomic E-state index is 0.238. The highest BCUT2D eigenvalue weighted by molar-refractivity contribution is 7.92. The van der Waals surface area contributed by atoms with Crippen LogP contribution in [0.1, 0.15) is 37.9 Å². The molecule has 146 valence electrons. The number of carbonyl (C=O) groups is 1. The molecule has 0 bridgehead atoms. The van der Waals surface area contributed by atoms with Crippen LogP contribution >= 0.6 is 0 Å². The van der Waals surface area contributed by atoms with Gasteiger partial charge in [0.05, 0.1) is 18.0 Å². The Morgan fingerprint density at radius 2 is 1.63 bits per heavy atom. The molecule has 7 heteroatoms. The van der Waals surface area contributed by atoms with Gasteiger partial charge >= 0.3 is 0 Å². The molecule has 1 N–H and O–H groups in total. The van der Waals surface area contributed by atoms with Gasteiger partial charge in [-0.15, -0.1) is 0 Å². The van der Waals surface area contributed by atoms with Crippen molar-refractivity contribution in [3.63, 3.8) is 0 Å². The lowest BCUT2D eigenvalue weighted by Gasteiger charge is -2.29. The van der Waals surface area contributed by atoms with Crippen LogP contribution in [0.3, 0.4) is 0 Å². The molecule has 2 aromatic rings. The van der Waals surface area contributed by atoms with Crippen molar-refractivity contribution in [3.8, 4) is 0 Å². The number of benzene rings is 2. The molecule has 27 heavy (non-hydrogen) atoms. The summed E-state index contributed by atoms with van der Waals surface area (Å²) in [4.78, 5) is 12.7. The van der Waals surface area contributed by atoms with Gasteiger partial charge in [-0.2, -0.15) is 0 Å². The lowest BCUT2D eigenvalue weighted by atomic mass is 10.0. The van der Waals surface area contributed by atoms with Crippen molar-refractivity contribution >= 4 is 21.6 Å². The minimum Gasteiger partial charge on any atom is -0.348 e. The molecule has 0 spiro atoms. The van der Waals surface area contributed by atoms with Gasteiger partial charge in [0.1, 0.15) is 11.9 Å². The molecule has 0 unspecified atom stereocenters. The number of halogens is 1. The van der Waals surface area contributed by atoms with E-state index in [9.17, 15) is 17.6 Å². The quantitative estimate of drug-likeness (QED) is 0.785. The second-order valence-corrected chi connectivity index (χ2v) is 8.40. The zero-order valence-electron chi connectivity index (χ0n) is 15.9. The zero-order valence-corrected chi connectivity index (χ0v) is 16.8. The van der Waals surface area contributed by atoms with Gasteiger partial charge in [-0.3, -0.25) is 9.10 Å². The van der Waals surface area contributed by atoms with Crippen LogP contribution in [0.25, 0.3) is 0 Å². The van der Waals surface area contributed by atoms with Crippen molar-refractivity contribution in [2.45, 2.75) is 39.3 Å². The molecule has 0 radical (unpaired) electrons. The fourth-order valence-electron chi connectivity index (χ4n) is 2.86. The van der Waals surface area contributed by atoms with Crippen molar-refractivity contribution in [2.24, 2.45) is 0 Å². The Morgan fingerprint density at radius 3 is 2.11 bits per heavy atom. The number of nitrogens with one attached hydrogen (secondary N) is 1. The normalized spacial score (nSPS) is 13.7. The van der Waals surface area contributed by atoms with E-state index in [0.717, 1.165) is 34.7 Å². The van der Waals surface area contributed by atoms with Crippen molar-refractivity contribution in [1.82, 2.24) is 5.32 Å². The molecule has 0 aliphatic rings. The van der Waals surface area contributed by atoms with Crippen LogP contribution in [0.4, 0.5) is 10.1 Å². The number of hydrogen-bond acceptors (Lipinski definition) is 3. The lowest BCUT2D eigenvalue weighted by Crippen LogP contribution is -2.48. The van der Waals surface area contributed by atoms with Gasteiger partial charge < -0.3 is 5.32 Å². The predicted molar refractivity (Wildman–Crippen MR) is 106 cm³/mol. The molecule has 2 rings (SSSR count).